The average Bonchev–Trinajstić information content (AvgIpc) is 2.57. The Labute approximate surface area is 197 Å². The number of carbonyl (C=O) groups excluding carboxylic acids is 1. The smallest absolute Gasteiger partial charge is 0.422 e. The zero-order chi connectivity index (χ0) is 23.0. The zero-order valence-corrected chi connectivity index (χ0v) is 20.8. The van der Waals surface area contributed by atoms with Gasteiger partial charge in [0.15, 0.2) is 12.6 Å². The van der Waals surface area contributed by atoms with Gasteiger partial charge in [0.05, 0.1) is 5.54 Å². The van der Waals surface area contributed by atoms with Gasteiger partial charge in [-0.05, 0) is 46.2 Å². The van der Waals surface area contributed by atoms with Crippen molar-refractivity contribution in [3.63, 3.8) is 0 Å². The standard InChI is InChI=1S/C19H30F3N5O3.HI/c1-17(2,3)30-16(28)27-18(4,5)11-26-15(23-6)25-10-13-7-8-24-14(9-13)29-12-19(20,21)22;/h7-9H,10-12H2,1-6H3,(H,27,28)(H2,23,25,26);1H. The molecule has 0 fully saturated rings. The lowest BCUT2D eigenvalue weighted by Gasteiger charge is -2.29. The van der Waals surface area contributed by atoms with Crippen molar-refractivity contribution in [2.45, 2.75) is 58.5 Å². The highest BCUT2D eigenvalue weighted by molar-refractivity contribution is 14.0. The SMILES string of the molecule is CN=C(NCc1ccnc(OCC(F)(F)F)c1)NCC(C)(C)NC(=O)OC(C)(C)C.I. The maximum atomic E-state index is 12.3. The molecule has 0 aliphatic heterocycles. The summed E-state index contributed by atoms with van der Waals surface area (Å²) in [7, 11) is 1.58. The summed E-state index contributed by atoms with van der Waals surface area (Å²) >= 11 is 0. The van der Waals surface area contributed by atoms with Gasteiger partial charge in [0.1, 0.15) is 5.60 Å². The van der Waals surface area contributed by atoms with Crippen LogP contribution in [0.4, 0.5) is 18.0 Å². The fraction of sp³-hybridized carbons (Fsp3) is 0.632. The van der Waals surface area contributed by atoms with Crippen LogP contribution in [-0.2, 0) is 11.3 Å². The summed E-state index contributed by atoms with van der Waals surface area (Å²) in [4.78, 5) is 19.8. The second kappa shape index (κ2) is 12.2. The molecule has 0 aliphatic carbocycles. The highest BCUT2D eigenvalue weighted by Gasteiger charge is 2.28. The molecule has 1 rings (SSSR count). The summed E-state index contributed by atoms with van der Waals surface area (Å²) in [6, 6.07) is 3.06. The van der Waals surface area contributed by atoms with Crippen LogP contribution in [0.5, 0.6) is 5.88 Å². The van der Waals surface area contributed by atoms with Crippen LogP contribution in [0.1, 0.15) is 40.2 Å². The third-order valence-electron chi connectivity index (χ3n) is 3.40. The van der Waals surface area contributed by atoms with Gasteiger partial charge in [0.25, 0.3) is 0 Å². The van der Waals surface area contributed by atoms with Crippen LogP contribution in [0.15, 0.2) is 23.3 Å². The molecule has 1 amide bonds. The fourth-order valence-corrected chi connectivity index (χ4v) is 2.13. The van der Waals surface area contributed by atoms with E-state index in [1.165, 1.54) is 12.3 Å². The van der Waals surface area contributed by atoms with Crippen LogP contribution in [0, 0.1) is 0 Å². The lowest BCUT2D eigenvalue weighted by molar-refractivity contribution is -0.154. The lowest BCUT2D eigenvalue weighted by atomic mass is 10.1. The number of aliphatic imine (C=N–C) groups is 1. The van der Waals surface area contributed by atoms with Crippen molar-refractivity contribution in [2.75, 3.05) is 20.2 Å². The summed E-state index contributed by atoms with van der Waals surface area (Å²) < 4.78 is 46.7. The molecule has 1 aromatic rings. The number of nitrogens with one attached hydrogen (secondary N) is 3. The molecule has 0 saturated carbocycles. The normalized spacial score (nSPS) is 12.5. The molecule has 0 radical (unpaired) electrons. The number of nitrogens with zero attached hydrogens (tertiary/aromatic N) is 2. The van der Waals surface area contributed by atoms with Crippen molar-refractivity contribution in [1.29, 1.82) is 0 Å². The quantitative estimate of drug-likeness (QED) is 0.268. The van der Waals surface area contributed by atoms with Gasteiger partial charge in [-0.25, -0.2) is 9.78 Å². The molecule has 0 unspecified atom stereocenters. The Morgan fingerprint density at radius 1 is 1.16 bits per heavy atom. The van der Waals surface area contributed by atoms with E-state index in [4.69, 9.17) is 4.74 Å². The van der Waals surface area contributed by atoms with Crippen LogP contribution in [0.3, 0.4) is 0 Å². The molecule has 178 valence electrons. The fourth-order valence-electron chi connectivity index (χ4n) is 2.13. The molecule has 0 aromatic carbocycles. The monoisotopic (exact) mass is 561 g/mol. The molecular weight excluding hydrogens is 530 g/mol. The van der Waals surface area contributed by atoms with Gasteiger partial charge in [-0.2, -0.15) is 13.2 Å². The minimum absolute atomic E-state index is 0. The Hall–Kier alpha value is -1.99. The van der Waals surface area contributed by atoms with Gasteiger partial charge in [-0.1, -0.05) is 0 Å². The van der Waals surface area contributed by atoms with Crippen molar-refractivity contribution >= 4 is 36.0 Å². The predicted octanol–water partition coefficient (Wildman–Crippen LogP) is 3.61. The number of carbonyl (C=O) groups is 1. The molecule has 0 saturated heterocycles. The van der Waals surface area contributed by atoms with Crippen molar-refractivity contribution in [3.8, 4) is 5.88 Å². The molecule has 31 heavy (non-hydrogen) atoms. The first kappa shape index (κ1) is 29.0. The molecule has 0 aliphatic rings. The maximum Gasteiger partial charge on any atom is 0.422 e. The number of halogens is 4. The summed E-state index contributed by atoms with van der Waals surface area (Å²) in [6.45, 7) is 8.22. The van der Waals surface area contributed by atoms with Gasteiger partial charge in [-0.3, -0.25) is 4.99 Å². The van der Waals surface area contributed by atoms with Crippen LogP contribution < -0.4 is 20.7 Å². The Morgan fingerprint density at radius 3 is 2.35 bits per heavy atom. The first-order valence-electron chi connectivity index (χ1n) is 9.29. The number of alkyl carbamates (subject to hydrolysis) is 1. The third kappa shape index (κ3) is 13.8. The molecule has 1 aromatic heterocycles. The van der Waals surface area contributed by atoms with E-state index in [2.05, 4.69) is 30.7 Å². The number of rotatable bonds is 7. The van der Waals surface area contributed by atoms with E-state index in [9.17, 15) is 18.0 Å². The number of alkyl halides is 3. The Balaban J connectivity index is 0.00000900. The Kier molecular flexibility index (Phi) is 11.4. The zero-order valence-electron chi connectivity index (χ0n) is 18.5. The van der Waals surface area contributed by atoms with E-state index >= 15 is 0 Å². The van der Waals surface area contributed by atoms with Gasteiger partial charge >= 0.3 is 12.3 Å². The number of ether oxygens (including phenoxy) is 2. The maximum absolute atomic E-state index is 12.3. The highest BCUT2D eigenvalue weighted by atomic mass is 127. The number of hydrogen-bond donors (Lipinski definition) is 3. The topological polar surface area (TPSA) is 96.9 Å². The van der Waals surface area contributed by atoms with E-state index < -0.39 is 30.0 Å². The number of aromatic nitrogens is 1. The van der Waals surface area contributed by atoms with Gasteiger partial charge in [0.2, 0.25) is 5.88 Å². The number of pyridine rings is 1. The van der Waals surface area contributed by atoms with Gasteiger partial charge < -0.3 is 25.4 Å². The molecule has 8 nitrogen and oxygen atoms in total. The molecule has 3 N–H and O–H groups in total. The summed E-state index contributed by atoms with van der Waals surface area (Å²) in [6.07, 6.45) is -3.59. The Bertz CT molecular complexity index is 737. The first-order chi connectivity index (χ1) is 13.7. The number of amides is 1. The van der Waals surface area contributed by atoms with E-state index in [1.54, 1.807) is 33.9 Å². The molecule has 1 heterocycles. The van der Waals surface area contributed by atoms with Crippen LogP contribution >= 0.6 is 24.0 Å². The Morgan fingerprint density at radius 2 is 1.81 bits per heavy atom. The van der Waals surface area contributed by atoms with E-state index in [0.29, 0.717) is 18.1 Å². The van der Waals surface area contributed by atoms with Crippen molar-refractivity contribution < 1.29 is 27.4 Å². The van der Waals surface area contributed by atoms with Crippen molar-refractivity contribution in [1.82, 2.24) is 20.9 Å². The predicted molar refractivity (Wildman–Crippen MR) is 123 cm³/mol. The number of guanidine groups is 1. The van der Waals surface area contributed by atoms with Crippen LogP contribution in [0.2, 0.25) is 0 Å². The minimum Gasteiger partial charge on any atom is -0.468 e. The molecule has 0 atom stereocenters. The molecule has 12 heteroatoms. The van der Waals surface area contributed by atoms with Crippen LogP contribution in [0.25, 0.3) is 0 Å². The second-order valence-electron chi connectivity index (χ2n) is 8.20. The summed E-state index contributed by atoms with van der Waals surface area (Å²) in [5.74, 6) is 0.334. The molecule has 0 bridgehead atoms. The summed E-state index contributed by atoms with van der Waals surface area (Å²) in [5, 5.41) is 8.90. The van der Waals surface area contributed by atoms with Gasteiger partial charge in [-0.15, -0.1) is 24.0 Å². The summed E-state index contributed by atoms with van der Waals surface area (Å²) in [5.41, 5.74) is -0.565. The van der Waals surface area contributed by atoms with E-state index in [-0.39, 0.29) is 36.4 Å². The number of hydrogen-bond acceptors (Lipinski definition) is 5. The molecule has 0 spiro atoms. The van der Waals surface area contributed by atoms with E-state index in [1.807, 2.05) is 13.8 Å². The largest absolute Gasteiger partial charge is 0.468 e. The van der Waals surface area contributed by atoms with Crippen molar-refractivity contribution in [3.05, 3.63) is 23.9 Å². The highest BCUT2D eigenvalue weighted by Crippen LogP contribution is 2.17. The minimum atomic E-state index is -4.43. The first-order valence-corrected chi connectivity index (χ1v) is 9.29. The third-order valence-corrected chi connectivity index (χ3v) is 3.40. The average molecular weight is 561 g/mol. The van der Waals surface area contributed by atoms with E-state index in [0.717, 1.165) is 0 Å². The van der Waals surface area contributed by atoms with Gasteiger partial charge in [0, 0.05) is 32.4 Å². The molecular formula is C19H31F3IN5O3. The lowest BCUT2D eigenvalue weighted by Crippen LogP contribution is -2.54. The van der Waals surface area contributed by atoms with Crippen LogP contribution in [-0.4, -0.2) is 54.6 Å². The second-order valence-corrected chi connectivity index (χ2v) is 8.20. The van der Waals surface area contributed by atoms with Crippen molar-refractivity contribution in [2.24, 2.45) is 4.99 Å².